The quantitative estimate of drug-likeness (QED) is 0.137. The molecule has 0 unspecified atom stereocenters. The molecule has 0 saturated heterocycles. The van der Waals surface area contributed by atoms with Crippen molar-refractivity contribution >= 4 is 90.4 Å². The van der Waals surface area contributed by atoms with Crippen molar-refractivity contribution in [1.29, 1.82) is 21.0 Å². The third-order valence-electron chi connectivity index (χ3n) is 16.1. The predicted molar refractivity (Wildman–Crippen MR) is 324 cm³/mol. The summed E-state index contributed by atoms with van der Waals surface area (Å²) in [5, 5.41) is 39.7. The van der Waals surface area contributed by atoms with Crippen molar-refractivity contribution in [2.24, 2.45) is 0 Å². The Hall–Kier alpha value is -9.50. The van der Waals surface area contributed by atoms with Gasteiger partial charge in [-0.1, -0.05) is 144 Å². The number of fused-ring (bicyclic) bond motifs is 9. The summed E-state index contributed by atoms with van der Waals surface area (Å²) in [6.07, 6.45) is 3.17. The third kappa shape index (κ3) is 7.18. The van der Waals surface area contributed by atoms with Crippen molar-refractivity contribution in [1.82, 2.24) is 17.5 Å². The van der Waals surface area contributed by atoms with E-state index in [1.807, 2.05) is 42.5 Å². The van der Waals surface area contributed by atoms with Crippen molar-refractivity contribution in [3.63, 3.8) is 0 Å². The summed E-state index contributed by atoms with van der Waals surface area (Å²) in [6.45, 7) is 8.57. The number of nitrogens with zero attached hydrogens (tertiary/aromatic N) is 8. The second-order valence-corrected chi connectivity index (χ2v) is 23.9. The molecule has 376 valence electrons. The van der Waals surface area contributed by atoms with Crippen LogP contribution in [0.4, 0.5) is 0 Å². The number of allylic oxidation sites excluding steroid dienone is 2. The molecule has 0 aliphatic heterocycles. The number of aryl methyl sites for hydroxylation is 4. The summed E-state index contributed by atoms with van der Waals surface area (Å²) in [7, 11) is 0. The molecule has 8 nitrogen and oxygen atoms in total. The van der Waals surface area contributed by atoms with Gasteiger partial charge in [-0.15, -0.1) is 22.7 Å². The van der Waals surface area contributed by atoms with Gasteiger partial charge in [-0.25, -0.2) is 0 Å². The van der Waals surface area contributed by atoms with Crippen LogP contribution < -0.4 is 0 Å². The fraction of sp³-hybridized carbons (Fsp3) is 0.0882. The van der Waals surface area contributed by atoms with Gasteiger partial charge >= 0.3 is 0 Å². The molecule has 2 aliphatic rings. The van der Waals surface area contributed by atoms with Crippen LogP contribution in [-0.4, -0.2) is 17.5 Å². The molecule has 0 amide bonds. The first kappa shape index (κ1) is 48.8. The lowest BCUT2D eigenvalue weighted by Gasteiger charge is -2.35. The second-order valence-electron chi connectivity index (χ2n) is 20.7. The van der Waals surface area contributed by atoms with Gasteiger partial charge in [0.25, 0.3) is 0 Å². The van der Waals surface area contributed by atoms with Crippen LogP contribution in [0.3, 0.4) is 0 Å². The van der Waals surface area contributed by atoms with Crippen LogP contribution in [0.2, 0.25) is 0 Å². The van der Waals surface area contributed by atoms with Crippen molar-refractivity contribution in [3.05, 3.63) is 247 Å². The summed E-state index contributed by atoms with van der Waals surface area (Å²) >= 11 is 5.76. The number of aromatic nitrogens is 4. The molecule has 0 atom stereocenters. The lowest BCUT2D eigenvalue weighted by molar-refractivity contribution is 0.759. The Bertz CT molecular complexity index is 4720. The molecular weight excluding hydrogens is 1060 g/mol. The van der Waals surface area contributed by atoms with Crippen LogP contribution in [0.5, 0.6) is 0 Å². The van der Waals surface area contributed by atoms with Gasteiger partial charge in [0.1, 0.15) is 57.5 Å². The highest BCUT2D eigenvalue weighted by molar-refractivity contribution is 7.22. The van der Waals surface area contributed by atoms with Gasteiger partial charge in [0, 0.05) is 41.6 Å². The molecule has 0 radical (unpaired) electrons. The first-order valence-electron chi connectivity index (χ1n) is 25.8. The topological polar surface area (TPSA) is 147 Å². The van der Waals surface area contributed by atoms with Gasteiger partial charge in [-0.3, -0.25) is 0 Å². The molecule has 2 aliphatic carbocycles. The maximum absolute atomic E-state index is 9.70. The van der Waals surface area contributed by atoms with Crippen LogP contribution in [0, 0.1) is 73.0 Å². The van der Waals surface area contributed by atoms with E-state index in [0.29, 0.717) is 22.2 Å². The molecule has 80 heavy (non-hydrogen) atoms. The monoisotopic (exact) mass is 1100 g/mol. The van der Waals surface area contributed by atoms with E-state index in [4.69, 9.17) is 13.1 Å². The molecule has 0 bridgehead atoms. The Morgan fingerprint density at radius 2 is 0.775 bits per heavy atom. The van der Waals surface area contributed by atoms with Crippen molar-refractivity contribution in [2.45, 2.75) is 38.5 Å². The molecule has 0 saturated carbocycles. The van der Waals surface area contributed by atoms with E-state index in [2.05, 4.69) is 172 Å². The first-order chi connectivity index (χ1) is 39.0. The summed E-state index contributed by atoms with van der Waals surface area (Å²) in [4.78, 5) is 3.28. The average molecular weight is 1100 g/mol. The smallest absolute Gasteiger partial charge is 0.130 e. The van der Waals surface area contributed by atoms with E-state index in [-0.39, 0.29) is 11.1 Å². The SMILES string of the molecule is Cc1ccc(C2(c3ccc(C)cc3)c3cc4c(cc3-c3cc5cc(-c6ccc(C=C(C#N)C#N)c7nsnc67)sc5cc32)C(c2ccc(C)cc2)(c2ccc(C)cc2)c2cc(-c3ccc(C=C(C#N)C#N)c5nsnc35)sc2-4)cc1. The van der Waals surface area contributed by atoms with E-state index >= 15 is 0 Å². The van der Waals surface area contributed by atoms with Gasteiger partial charge in [-0.2, -0.15) is 38.5 Å². The summed E-state index contributed by atoms with van der Waals surface area (Å²) in [5.41, 5.74) is 22.3. The predicted octanol–water partition coefficient (Wildman–Crippen LogP) is 17.1. The Morgan fingerprint density at radius 1 is 0.388 bits per heavy atom. The number of hydrogen-bond acceptors (Lipinski definition) is 12. The minimum absolute atomic E-state index is 0.00646. The van der Waals surface area contributed by atoms with Crippen molar-refractivity contribution < 1.29 is 0 Å². The molecule has 8 aromatic carbocycles. The fourth-order valence-electron chi connectivity index (χ4n) is 12.4. The van der Waals surface area contributed by atoms with E-state index in [9.17, 15) is 21.0 Å². The fourth-order valence-corrected chi connectivity index (χ4v) is 15.9. The molecule has 0 fully saturated rings. The minimum atomic E-state index is -0.749. The molecule has 12 aromatic rings. The molecule has 4 heterocycles. The van der Waals surface area contributed by atoms with E-state index < -0.39 is 10.8 Å². The highest BCUT2D eigenvalue weighted by Gasteiger charge is 2.52. The number of rotatable bonds is 8. The normalized spacial score (nSPS) is 13.2. The maximum Gasteiger partial charge on any atom is 0.130 e. The highest BCUT2D eigenvalue weighted by atomic mass is 32.1. The zero-order valence-corrected chi connectivity index (χ0v) is 46.6. The Labute approximate surface area is 477 Å². The van der Waals surface area contributed by atoms with Crippen LogP contribution in [0.15, 0.2) is 169 Å². The zero-order chi connectivity index (χ0) is 54.6. The molecule has 14 rings (SSSR count). The van der Waals surface area contributed by atoms with Crippen LogP contribution in [0.25, 0.3) is 86.8 Å². The molecule has 4 aromatic heterocycles. The standard InChI is InChI=1S/C68H40N8S4/c1-37-5-15-46(16-6-37)67(47-17-7-38(2)8-18-47)55-30-54-56(29-53(55)52-27-45-28-60(77-59(45)31-57(52)67)50-23-13-43(25-41(33-69)34-70)62-64(50)75-79-73-62)68(48-19-9-39(3)10-20-48,49-21-11-40(4)12-22-49)58-32-61(78-66(54)58)51-24-14-44(26-42(35-71)36-72)63-65(51)76-80-74-63/h5-32H,1-4H3. The lowest BCUT2D eigenvalue weighted by atomic mass is 9.65. The van der Waals surface area contributed by atoms with E-state index in [0.717, 1.165) is 76.6 Å². The maximum atomic E-state index is 9.70. The Morgan fingerprint density at radius 3 is 1.24 bits per heavy atom. The van der Waals surface area contributed by atoms with Gasteiger partial charge in [-0.05, 0) is 143 Å². The third-order valence-corrected chi connectivity index (χ3v) is 19.5. The lowest BCUT2D eigenvalue weighted by Crippen LogP contribution is -2.30. The first-order valence-corrected chi connectivity index (χ1v) is 28.9. The van der Waals surface area contributed by atoms with Gasteiger partial charge in [0.15, 0.2) is 0 Å². The highest BCUT2D eigenvalue weighted by Crippen LogP contribution is 2.65. The molecule has 0 spiro atoms. The van der Waals surface area contributed by atoms with Crippen LogP contribution in [-0.2, 0) is 10.8 Å². The number of nitriles is 4. The van der Waals surface area contributed by atoms with Crippen molar-refractivity contribution in [3.8, 4) is 66.7 Å². The second kappa shape index (κ2) is 18.6. The molecule has 0 N–H and O–H groups in total. The van der Waals surface area contributed by atoms with Crippen LogP contribution in [0.1, 0.15) is 77.9 Å². The zero-order valence-electron chi connectivity index (χ0n) is 43.4. The minimum Gasteiger partial charge on any atom is -0.192 e. The average Bonchev–Trinajstić information content (AvgIpc) is 4.52. The summed E-state index contributed by atoms with van der Waals surface area (Å²) < 4.78 is 20.2. The number of thiophene rings is 2. The van der Waals surface area contributed by atoms with E-state index in [1.165, 1.54) is 77.2 Å². The Balaban J connectivity index is 1.07. The number of hydrogen-bond donors (Lipinski definition) is 0. The van der Waals surface area contributed by atoms with Crippen LogP contribution >= 0.6 is 46.1 Å². The number of benzene rings is 8. The Kier molecular flexibility index (Phi) is 11.3. The summed E-state index contributed by atoms with van der Waals surface area (Å²) in [5.74, 6) is 0. The molecular formula is C68H40N8S4. The van der Waals surface area contributed by atoms with Gasteiger partial charge < -0.3 is 0 Å². The summed E-state index contributed by atoms with van der Waals surface area (Å²) in [6, 6.07) is 66.9. The van der Waals surface area contributed by atoms with Crippen molar-refractivity contribution in [2.75, 3.05) is 0 Å². The largest absolute Gasteiger partial charge is 0.192 e. The van der Waals surface area contributed by atoms with Gasteiger partial charge in [0.05, 0.1) is 34.3 Å². The van der Waals surface area contributed by atoms with Gasteiger partial charge in [0.2, 0.25) is 0 Å². The van der Waals surface area contributed by atoms with E-state index in [1.54, 1.807) is 34.8 Å². The molecule has 12 heteroatoms.